The van der Waals surface area contributed by atoms with E-state index in [1.807, 2.05) is 0 Å². The number of nitrogens with zero attached hydrogens (tertiary/aromatic N) is 2. The van der Waals surface area contributed by atoms with Gasteiger partial charge in [-0.2, -0.15) is 0 Å². The molecule has 1 saturated heterocycles. The molecular weight excluding hydrogens is 402 g/mol. The Kier molecular flexibility index (Phi) is 7.49. The van der Waals surface area contributed by atoms with Crippen molar-refractivity contribution in [1.29, 1.82) is 0 Å². The van der Waals surface area contributed by atoms with Gasteiger partial charge in [-0.1, -0.05) is 50.6 Å². The smallest absolute Gasteiger partial charge is 0.0262 e. The predicted octanol–water partition coefficient (Wildman–Crippen LogP) is 5.46. The summed E-state index contributed by atoms with van der Waals surface area (Å²) in [5, 5.41) is 3.50. The molecule has 4 aliphatic carbocycles. The minimum Gasteiger partial charge on any atom is -0.318 e. The Hall–Kier alpha value is -0.900. The van der Waals surface area contributed by atoms with E-state index in [1.165, 1.54) is 44.6 Å². The van der Waals surface area contributed by atoms with E-state index < -0.39 is 0 Å². The van der Waals surface area contributed by atoms with Crippen LogP contribution < -0.4 is 5.32 Å². The Morgan fingerprint density at radius 1 is 1.00 bits per heavy atom. The van der Waals surface area contributed by atoms with Crippen LogP contribution in [-0.4, -0.2) is 61.7 Å². The molecule has 0 aromatic heterocycles. The molecule has 0 radical (unpaired) electrons. The summed E-state index contributed by atoms with van der Waals surface area (Å²) >= 11 is 0. The van der Waals surface area contributed by atoms with Gasteiger partial charge in [0, 0.05) is 38.3 Å². The first-order valence-electron chi connectivity index (χ1n) is 14.2. The van der Waals surface area contributed by atoms with Crippen LogP contribution in [0.3, 0.4) is 0 Å². The molecule has 1 aromatic carbocycles. The normalized spacial score (nSPS) is 36.2. The van der Waals surface area contributed by atoms with Crippen molar-refractivity contribution in [2.75, 3.05) is 39.8 Å². The average Bonchev–Trinajstić information content (AvgIpc) is 2.82. The fourth-order valence-corrected chi connectivity index (χ4v) is 8.72. The van der Waals surface area contributed by atoms with Crippen LogP contribution in [0.1, 0.15) is 70.8 Å². The highest BCUT2D eigenvalue weighted by molar-refractivity contribution is 5.16. The molecule has 33 heavy (non-hydrogen) atoms. The Labute approximate surface area is 203 Å². The van der Waals surface area contributed by atoms with Crippen LogP contribution in [0, 0.1) is 29.1 Å². The first kappa shape index (κ1) is 23.8. The number of benzene rings is 1. The molecule has 1 heterocycles. The maximum atomic E-state index is 3.50. The van der Waals surface area contributed by atoms with E-state index in [0.717, 1.165) is 36.6 Å². The fourth-order valence-electron chi connectivity index (χ4n) is 8.72. The minimum absolute atomic E-state index is 0.592. The van der Waals surface area contributed by atoms with E-state index in [2.05, 4.69) is 66.3 Å². The lowest BCUT2D eigenvalue weighted by Gasteiger charge is -2.57. The monoisotopic (exact) mass is 451 g/mol. The first-order valence-corrected chi connectivity index (χ1v) is 14.2. The molecular formula is C30H49N3. The highest BCUT2D eigenvalue weighted by Crippen LogP contribution is 2.61. The van der Waals surface area contributed by atoms with Crippen LogP contribution in [0.25, 0.3) is 0 Å². The summed E-state index contributed by atoms with van der Waals surface area (Å²) in [4.78, 5) is 5.75. The van der Waals surface area contributed by atoms with Gasteiger partial charge < -0.3 is 5.32 Å². The standard InChI is InChI=1S/C30H49N3/c1-4-23(2)29-22-33(28(21-31-3)17-24-8-6-5-7-9-24)13-12-32(29)11-10-30-18-25-14-26(19-30)16-27(15-25)20-30/h5-9,23,25-29,31H,4,10-22H2,1-3H3/t23?,25?,26?,27?,28-,29+,30?/m1/s1. The van der Waals surface area contributed by atoms with Gasteiger partial charge >= 0.3 is 0 Å². The quantitative estimate of drug-likeness (QED) is 0.510. The Morgan fingerprint density at radius 3 is 2.27 bits per heavy atom. The summed E-state index contributed by atoms with van der Waals surface area (Å²) in [7, 11) is 2.12. The third-order valence-electron chi connectivity index (χ3n) is 10.2. The van der Waals surface area contributed by atoms with Gasteiger partial charge in [0.2, 0.25) is 0 Å². The average molecular weight is 452 g/mol. The zero-order valence-corrected chi connectivity index (χ0v) is 21.6. The van der Waals surface area contributed by atoms with Crippen LogP contribution in [0.4, 0.5) is 0 Å². The number of likely N-dealkylation sites (N-methyl/N-ethyl adjacent to an activating group) is 1. The van der Waals surface area contributed by atoms with Crippen LogP contribution in [0.15, 0.2) is 30.3 Å². The van der Waals surface area contributed by atoms with Crippen molar-refractivity contribution < 1.29 is 0 Å². The van der Waals surface area contributed by atoms with Crippen molar-refractivity contribution >= 4 is 0 Å². The van der Waals surface area contributed by atoms with Gasteiger partial charge in [-0.25, -0.2) is 0 Å². The summed E-state index contributed by atoms with van der Waals surface area (Å²) in [6.07, 6.45) is 13.3. The molecule has 4 bridgehead atoms. The number of rotatable bonds is 10. The van der Waals surface area contributed by atoms with Crippen LogP contribution >= 0.6 is 0 Å². The molecule has 5 aliphatic rings. The summed E-state index contributed by atoms with van der Waals surface area (Å²) in [6, 6.07) is 12.4. The van der Waals surface area contributed by atoms with Crippen molar-refractivity contribution in [3.8, 4) is 0 Å². The summed E-state index contributed by atoms with van der Waals surface area (Å²) in [5.74, 6) is 4.02. The lowest BCUT2D eigenvalue weighted by Crippen LogP contribution is -2.60. The molecule has 3 atom stereocenters. The Bertz CT molecular complexity index is 711. The van der Waals surface area contributed by atoms with Crippen molar-refractivity contribution in [3.63, 3.8) is 0 Å². The largest absolute Gasteiger partial charge is 0.318 e. The highest BCUT2D eigenvalue weighted by atomic mass is 15.3. The van der Waals surface area contributed by atoms with Crippen LogP contribution in [0.2, 0.25) is 0 Å². The molecule has 1 aliphatic heterocycles. The van der Waals surface area contributed by atoms with E-state index >= 15 is 0 Å². The van der Waals surface area contributed by atoms with Crippen LogP contribution in [-0.2, 0) is 6.42 Å². The topological polar surface area (TPSA) is 18.5 Å². The highest BCUT2D eigenvalue weighted by Gasteiger charge is 2.50. The van der Waals surface area contributed by atoms with E-state index in [4.69, 9.17) is 0 Å². The third-order valence-corrected chi connectivity index (χ3v) is 10.2. The zero-order chi connectivity index (χ0) is 22.8. The number of hydrogen-bond acceptors (Lipinski definition) is 3. The van der Waals surface area contributed by atoms with Gasteiger partial charge in [0.25, 0.3) is 0 Å². The van der Waals surface area contributed by atoms with Gasteiger partial charge in [-0.05, 0) is 99.6 Å². The molecule has 3 nitrogen and oxygen atoms in total. The molecule has 0 spiro atoms. The predicted molar refractivity (Wildman–Crippen MR) is 139 cm³/mol. The lowest BCUT2D eigenvalue weighted by molar-refractivity contribution is -0.0677. The number of nitrogens with one attached hydrogen (secondary N) is 1. The SMILES string of the molecule is CCC(C)[C@@H]1CN([C@@H](CNC)Cc2ccccc2)CCN1CCC12CC3CC(CC(C3)C1)C2. The maximum absolute atomic E-state index is 3.50. The van der Waals surface area contributed by atoms with Gasteiger partial charge in [-0.3, -0.25) is 9.80 Å². The molecule has 6 rings (SSSR count). The second kappa shape index (κ2) is 10.4. The van der Waals surface area contributed by atoms with Crippen molar-refractivity contribution in [2.24, 2.45) is 29.1 Å². The second-order valence-electron chi connectivity index (χ2n) is 12.6. The Balaban J connectivity index is 1.23. The summed E-state index contributed by atoms with van der Waals surface area (Å²) in [5.41, 5.74) is 2.19. The van der Waals surface area contributed by atoms with E-state index in [9.17, 15) is 0 Å². The lowest BCUT2D eigenvalue weighted by atomic mass is 9.49. The molecule has 5 fully saturated rings. The van der Waals surface area contributed by atoms with Crippen molar-refractivity contribution in [3.05, 3.63) is 35.9 Å². The minimum atomic E-state index is 0.592. The first-order chi connectivity index (χ1) is 16.1. The van der Waals surface area contributed by atoms with Gasteiger partial charge in [0.1, 0.15) is 0 Å². The molecule has 1 aromatic rings. The molecule has 184 valence electrons. The van der Waals surface area contributed by atoms with Gasteiger partial charge in [0.15, 0.2) is 0 Å². The van der Waals surface area contributed by atoms with Gasteiger partial charge in [-0.15, -0.1) is 0 Å². The van der Waals surface area contributed by atoms with E-state index in [-0.39, 0.29) is 0 Å². The molecule has 1 N–H and O–H groups in total. The molecule has 3 heteroatoms. The number of hydrogen-bond donors (Lipinski definition) is 1. The van der Waals surface area contributed by atoms with Crippen molar-refractivity contribution in [2.45, 2.75) is 83.7 Å². The zero-order valence-electron chi connectivity index (χ0n) is 21.6. The molecule has 4 saturated carbocycles. The Morgan fingerprint density at radius 2 is 1.67 bits per heavy atom. The summed E-state index contributed by atoms with van der Waals surface area (Å²) < 4.78 is 0. The maximum Gasteiger partial charge on any atom is 0.0262 e. The number of piperazine rings is 1. The molecule has 1 unspecified atom stereocenters. The second-order valence-corrected chi connectivity index (χ2v) is 12.6. The van der Waals surface area contributed by atoms with E-state index in [1.54, 1.807) is 38.5 Å². The van der Waals surface area contributed by atoms with Gasteiger partial charge in [0.05, 0.1) is 0 Å². The molecule has 0 amide bonds. The van der Waals surface area contributed by atoms with Crippen molar-refractivity contribution in [1.82, 2.24) is 15.1 Å². The summed E-state index contributed by atoms with van der Waals surface area (Å²) in [6.45, 7) is 11.1. The third kappa shape index (κ3) is 5.36. The van der Waals surface area contributed by atoms with Crippen LogP contribution in [0.5, 0.6) is 0 Å². The fraction of sp³-hybridized carbons (Fsp3) is 0.800. The van der Waals surface area contributed by atoms with E-state index in [0.29, 0.717) is 17.5 Å².